The summed E-state index contributed by atoms with van der Waals surface area (Å²) in [5.41, 5.74) is 6.44. The Morgan fingerprint density at radius 3 is 2.56 bits per heavy atom. The van der Waals surface area contributed by atoms with Gasteiger partial charge in [0.05, 0.1) is 16.8 Å². The van der Waals surface area contributed by atoms with Crippen LogP contribution >= 0.6 is 10.7 Å². The summed E-state index contributed by atoms with van der Waals surface area (Å²) in [6.07, 6.45) is -3.58. The first kappa shape index (κ1) is 17.4. The molecule has 0 unspecified atom stereocenters. The van der Waals surface area contributed by atoms with Crippen molar-refractivity contribution in [2.75, 3.05) is 5.73 Å². The van der Waals surface area contributed by atoms with E-state index in [-0.39, 0.29) is 16.2 Å². The van der Waals surface area contributed by atoms with E-state index in [9.17, 15) is 21.6 Å². The van der Waals surface area contributed by atoms with E-state index in [2.05, 4.69) is 15.1 Å². The number of alkyl halides is 3. The largest absolute Gasteiger partial charge is 0.453 e. The van der Waals surface area contributed by atoms with E-state index in [4.69, 9.17) is 16.4 Å². The Morgan fingerprint density at radius 1 is 1.28 bits per heavy atom. The van der Waals surface area contributed by atoms with Crippen LogP contribution in [0.4, 0.5) is 19.0 Å². The van der Waals surface area contributed by atoms with Crippen LogP contribution in [0.3, 0.4) is 0 Å². The number of rotatable bonds is 2. The molecule has 3 aromatic rings. The zero-order chi connectivity index (χ0) is 18.6. The molecular weight excluding hydrogens is 383 g/mol. The number of aromatic nitrogens is 4. The number of benzene rings is 1. The smallest absolute Gasteiger partial charge is 0.380 e. The van der Waals surface area contributed by atoms with E-state index in [1.54, 1.807) is 6.92 Å². The molecule has 3 rings (SSSR count). The molecule has 1 aromatic carbocycles. The number of hydrogen-bond donors (Lipinski definition) is 1. The Balaban J connectivity index is 2.32. The van der Waals surface area contributed by atoms with Gasteiger partial charge in [-0.25, -0.2) is 22.9 Å². The standard InChI is InChI=1S/C13H9ClF3N5O2S/c1-6-2-3-7(25(14,23)24)4-8(6)9-5-19-11-10(18)20-12(13(15,16)17)21-22(9)11/h2-5H,1H3,(H2,18,20,21). The van der Waals surface area contributed by atoms with Gasteiger partial charge >= 0.3 is 6.18 Å². The molecule has 0 radical (unpaired) electrons. The molecule has 7 nitrogen and oxygen atoms in total. The van der Waals surface area contributed by atoms with Crippen LogP contribution < -0.4 is 5.73 Å². The molecule has 0 fully saturated rings. The van der Waals surface area contributed by atoms with Crippen molar-refractivity contribution in [1.29, 1.82) is 0 Å². The first-order chi connectivity index (χ1) is 11.5. The predicted molar refractivity (Wildman–Crippen MR) is 83.4 cm³/mol. The summed E-state index contributed by atoms with van der Waals surface area (Å²) in [5, 5.41) is 3.43. The first-order valence-corrected chi connectivity index (χ1v) is 8.93. The molecule has 0 bridgehead atoms. The lowest BCUT2D eigenvalue weighted by Crippen LogP contribution is -2.16. The van der Waals surface area contributed by atoms with Crippen LogP contribution in [0, 0.1) is 6.92 Å². The molecule has 0 aliphatic carbocycles. The number of nitrogens with two attached hydrogens (primary N) is 1. The number of fused-ring (bicyclic) bond motifs is 1. The van der Waals surface area contributed by atoms with E-state index in [1.165, 1.54) is 24.4 Å². The molecule has 2 heterocycles. The molecule has 25 heavy (non-hydrogen) atoms. The second-order valence-corrected chi connectivity index (χ2v) is 7.68. The van der Waals surface area contributed by atoms with Crippen molar-refractivity contribution in [1.82, 2.24) is 19.6 Å². The second-order valence-electron chi connectivity index (χ2n) is 5.11. The normalized spacial score (nSPS) is 12.7. The maximum absolute atomic E-state index is 12.9. The van der Waals surface area contributed by atoms with Gasteiger partial charge in [0.1, 0.15) is 0 Å². The van der Waals surface area contributed by atoms with Gasteiger partial charge in [-0.2, -0.15) is 13.2 Å². The Hall–Kier alpha value is -2.40. The van der Waals surface area contributed by atoms with E-state index >= 15 is 0 Å². The maximum Gasteiger partial charge on any atom is 0.453 e. The summed E-state index contributed by atoms with van der Waals surface area (Å²) in [6, 6.07) is 3.99. The third kappa shape index (κ3) is 3.12. The fraction of sp³-hybridized carbons (Fsp3) is 0.154. The van der Waals surface area contributed by atoms with Crippen LogP contribution in [0.25, 0.3) is 16.9 Å². The molecule has 0 saturated carbocycles. The highest BCUT2D eigenvalue weighted by molar-refractivity contribution is 8.13. The first-order valence-electron chi connectivity index (χ1n) is 6.62. The maximum atomic E-state index is 12.9. The zero-order valence-electron chi connectivity index (χ0n) is 12.4. The van der Waals surface area contributed by atoms with Crippen molar-refractivity contribution in [3.05, 3.63) is 35.8 Å². The predicted octanol–water partition coefficient (Wildman–Crippen LogP) is 2.63. The molecule has 0 aliphatic heterocycles. The quantitative estimate of drug-likeness (QED) is 0.673. The van der Waals surface area contributed by atoms with E-state index < -0.39 is 26.9 Å². The van der Waals surface area contributed by atoms with Gasteiger partial charge in [0.2, 0.25) is 0 Å². The average Bonchev–Trinajstić information content (AvgIpc) is 2.90. The van der Waals surface area contributed by atoms with Gasteiger partial charge in [-0.1, -0.05) is 6.07 Å². The van der Waals surface area contributed by atoms with Crippen molar-refractivity contribution >= 4 is 31.2 Å². The van der Waals surface area contributed by atoms with E-state index in [1.807, 2.05) is 0 Å². The number of aryl methyl sites for hydroxylation is 1. The lowest BCUT2D eigenvalue weighted by molar-refractivity contribution is -0.145. The molecule has 12 heteroatoms. The molecule has 0 saturated heterocycles. The van der Waals surface area contributed by atoms with Gasteiger partial charge in [0.15, 0.2) is 11.5 Å². The second kappa shape index (κ2) is 5.56. The third-order valence-electron chi connectivity index (χ3n) is 3.41. The number of hydrogen-bond acceptors (Lipinski definition) is 6. The van der Waals surface area contributed by atoms with Gasteiger partial charge in [-0.05, 0) is 24.6 Å². The SMILES string of the molecule is Cc1ccc(S(=O)(=O)Cl)cc1-c1cnc2c(N)nc(C(F)(F)F)nn12. The lowest BCUT2D eigenvalue weighted by atomic mass is 10.1. The molecule has 0 amide bonds. The van der Waals surface area contributed by atoms with Gasteiger partial charge in [-0.15, -0.1) is 5.10 Å². The van der Waals surface area contributed by atoms with Crippen LogP contribution in [0.1, 0.15) is 11.4 Å². The average molecular weight is 392 g/mol. The third-order valence-corrected chi connectivity index (χ3v) is 4.76. The Morgan fingerprint density at radius 2 is 1.96 bits per heavy atom. The number of anilines is 1. The summed E-state index contributed by atoms with van der Waals surface area (Å²) in [4.78, 5) is 6.91. The van der Waals surface area contributed by atoms with Crippen molar-refractivity contribution in [2.24, 2.45) is 0 Å². The van der Waals surface area contributed by atoms with Crippen molar-refractivity contribution in [2.45, 2.75) is 18.0 Å². The highest BCUT2D eigenvalue weighted by atomic mass is 35.7. The van der Waals surface area contributed by atoms with Gasteiger partial charge in [-0.3, -0.25) is 0 Å². The highest BCUT2D eigenvalue weighted by Gasteiger charge is 2.36. The van der Waals surface area contributed by atoms with E-state index in [0.717, 1.165) is 4.52 Å². The van der Waals surface area contributed by atoms with Crippen LogP contribution in [0.2, 0.25) is 0 Å². The molecule has 0 aliphatic rings. The summed E-state index contributed by atoms with van der Waals surface area (Å²) in [5.74, 6) is -1.89. The van der Waals surface area contributed by atoms with Crippen molar-refractivity contribution in [3.8, 4) is 11.3 Å². The fourth-order valence-electron chi connectivity index (χ4n) is 2.24. The summed E-state index contributed by atoms with van der Waals surface area (Å²) in [7, 11) is 1.31. The van der Waals surface area contributed by atoms with Crippen LogP contribution in [0.5, 0.6) is 0 Å². The molecule has 132 valence electrons. The molecule has 2 aromatic heterocycles. The molecule has 0 atom stereocenters. The molecule has 0 spiro atoms. The van der Waals surface area contributed by atoms with Gasteiger partial charge in [0.25, 0.3) is 14.9 Å². The zero-order valence-corrected chi connectivity index (χ0v) is 14.0. The van der Waals surface area contributed by atoms with Crippen molar-refractivity contribution < 1.29 is 21.6 Å². The van der Waals surface area contributed by atoms with E-state index in [0.29, 0.717) is 11.1 Å². The summed E-state index contributed by atoms with van der Waals surface area (Å²) < 4.78 is 62.7. The Kier molecular flexibility index (Phi) is 3.88. The van der Waals surface area contributed by atoms with Crippen LogP contribution in [-0.2, 0) is 15.2 Å². The monoisotopic (exact) mass is 391 g/mol. The van der Waals surface area contributed by atoms with Crippen LogP contribution in [-0.4, -0.2) is 28.0 Å². The highest BCUT2D eigenvalue weighted by Crippen LogP contribution is 2.31. The number of imidazole rings is 1. The number of nitrogen functional groups attached to an aromatic ring is 1. The Labute approximate surface area is 143 Å². The summed E-state index contributed by atoms with van der Waals surface area (Å²) in [6.45, 7) is 1.65. The van der Waals surface area contributed by atoms with Gasteiger partial charge < -0.3 is 5.73 Å². The minimum atomic E-state index is -4.81. The minimum absolute atomic E-state index is 0.0819. The summed E-state index contributed by atoms with van der Waals surface area (Å²) >= 11 is 0. The number of halogens is 4. The molecular formula is C13H9ClF3N5O2S. The lowest BCUT2D eigenvalue weighted by Gasteiger charge is -2.10. The van der Waals surface area contributed by atoms with Crippen LogP contribution in [0.15, 0.2) is 29.3 Å². The fourth-order valence-corrected chi connectivity index (χ4v) is 3.01. The van der Waals surface area contributed by atoms with Crippen molar-refractivity contribution in [3.63, 3.8) is 0 Å². The Bertz CT molecular complexity index is 1090. The minimum Gasteiger partial charge on any atom is -0.380 e. The van der Waals surface area contributed by atoms with Gasteiger partial charge in [0, 0.05) is 16.2 Å². The topological polar surface area (TPSA) is 103 Å². The molecule has 2 N–H and O–H groups in total. The number of nitrogens with zero attached hydrogens (tertiary/aromatic N) is 4.